The van der Waals surface area contributed by atoms with Crippen molar-refractivity contribution in [3.05, 3.63) is 29.3 Å². The van der Waals surface area contributed by atoms with Crippen molar-refractivity contribution in [2.75, 3.05) is 0 Å². The van der Waals surface area contributed by atoms with Crippen LogP contribution in [0.15, 0.2) is 18.2 Å². The monoisotopic (exact) mass is 261 g/mol. The molecule has 0 aliphatic heterocycles. The summed E-state index contributed by atoms with van der Waals surface area (Å²) in [4.78, 5) is 12.2. The molecule has 0 spiro atoms. The highest BCUT2D eigenvalue weighted by Gasteiger charge is 2.26. The topological polar surface area (TPSA) is 49.3 Å². The number of aryl methyl sites for hydroxylation is 1. The molecule has 0 heterocycles. The molecule has 0 aromatic heterocycles. The maximum atomic E-state index is 12.2. The van der Waals surface area contributed by atoms with E-state index in [0.29, 0.717) is 11.5 Å². The van der Waals surface area contributed by atoms with Gasteiger partial charge in [0, 0.05) is 11.6 Å². The van der Waals surface area contributed by atoms with E-state index in [-0.39, 0.29) is 17.7 Å². The number of carbonyl (C=O) groups excluding carboxylic acids is 1. The molecule has 3 nitrogen and oxygen atoms in total. The van der Waals surface area contributed by atoms with Crippen LogP contribution in [0.25, 0.3) is 0 Å². The zero-order valence-corrected chi connectivity index (χ0v) is 11.9. The van der Waals surface area contributed by atoms with Gasteiger partial charge in [0.25, 0.3) is 5.91 Å². The van der Waals surface area contributed by atoms with Gasteiger partial charge in [0.15, 0.2) is 0 Å². The Morgan fingerprint density at radius 2 is 2.05 bits per heavy atom. The number of nitrogens with one attached hydrogen (secondary N) is 1. The van der Waals surface area contributed by atoms with Crippen LogP contribution in [0.5, 0.6) is 5.75 Å². The molecular weight excluding hydrogens is 238 g/mol. The van der Waals surface area contributed by atoms with Crippen LogP contribution >= 0.6 is 0 Å². The number of phenolic OH excluding ortho intramolecular Hbond substituents is 1. The molecule has 3 heteroatoms. The van der Waals surface area contributed by atoms with Gasteiger partial charge in [-0.1, -0.05) is 13.8 Å². The summed E-state index contributed by atoms with van der Waals surface area (Å²) < 4.78 is 0. The third kappa shape index (κ3) is 3.28. The summed E-state index contributed by atoms with van der Waals surface area (Å²) in [5.74, 6) is 1.50. The molecule has 0 saturated heterocycles. The quantitative estimate of drug-likeness (QED) is 0.858. The molecule has 104 valence electrons. The van der Waals surface area contributed by atoms with Gasteiger partial charge < -0.3 is 10.4 Å². The van der Waals surface area contributed by atoms with Crippen LogP contribution < -0.4 is 5.32 Å². The largest absolute Gasteiger partial charge is 0.508 e. The van der Waals surface area contributed by atoms with E-state index in [1.165, 1.54) is 12.8 Å². The normalized spacial score (nSPS) is 27.0. The summed E-state index contributed by atoms with van der Waals surface area (Å²) in [7, 11) is 0. The molecule has 1 aliphatic rings. The third-order valence-corrected chi connectivity index (χ3v) is 4.21. The van der Waals surface area contributed by atoms with Crippen LogP contribution in [0.1, 0.15) is 49.0 Å². The lowest BCUT2D eigenvalue weighted by Crippen LogP contribution is -2.42. The van der Waals surface area contributed by atoms with Gasteiger partial charge in [-0.25, -0.2) is 0 Å². The number of hydrogen-bond acceptors (Lipinski definition) is 2. The number of carbonyl (C=O) groups is 1. The SMILES string of the molecule is Cc1cc(C(=O)NC2CCC(C)CC2C)ccc1O. The van der Waals surface area contributed by atoms with Gasteiger partial charge in [0.1, 0.15) is 5.75 Å². The second-order valence-electron chi connectivity index (χ2n) is 5.98. The van der Waals surface area contributed by atoms with Crippen molar-refractivity contribution >= 4 is 5.91 Å². The number of amides is 1. The molecule has 1 aromatic rings. The minimum atomic E-state index is -0.0329. The van der Waals surface area contributed by atoms with Gasteiger partial charge in [0.05, 0.1) is 0 Å². The minimum Gasteiger partial charge on any atom is -0.508 e. The number of aromatic hydroxyl groups is 1. The molecule has 2 N–H and O–H groups in total. The maximum Gasteiger partial charge on any atom is 0.251 e. The predicted octanol–water partition coefficient (Wildman–Crippen LogP) is 3.26. The van der Waals surface area contributed by atoms with Gasteiger partial charge in [-0.3, -0.25) is 4.79 Å². The number of benzene rings is 1. The van der Waals surface area contributed by atoms with Crippen molar-refractivity contribution in [3.8, 4) is 5.75 Å². The lowest BCUT2D eigenvalue weighted by molar-refractivity contribution is 0.0899. The van der Waals surface area contributed by atoms with E-state index in [9.17, 15) is 9.90 Å². The molecule has 1 fully saturated rings. The summed E-state index contributed by atoms with van der Waals surface area (Å²) in [5.41, 5.74) is 1.36. The first-order valence-corrected chi connectivity index (χ1v) is 7.08. The fourth-order valence-electron chi connectivity index (χ4n) is 2.93. The zero-order chi connectivity index (χ0) is 14.0. The molecule has 1 aromatic carbocycles. The minimum absolute atomic E-state index is 0.0329. The Hall–Kier alpha value is -1.51. The third-order valence-electron chi connectivity index (χ3n) is 4.21. The van der Waals surface area contributed by atoms with E-state index in [4.69, 9.17) is 0 Å². The molecule has 0 radical (unpaired) electrons. The summed E-state index contributed by atoms with van der Waals surface area (Å²) >= 11 is 0. The number of phenols is 1. The van der Waals surface area contributed by atoms with Crippen molar-refractivity contribution in [2.45, 2.75) is 46.1 Å². The molecule has 3 unspecified atom stereocenters. The highest BCUT2D eigenvalue weighted by atomic mass is 16.3. The van der Waals surface area contributed by atoms with E-state index >= 15 is 0 Å². The van der Waals surface area contributed by atoms with Gasteiger partial charge in [-0.2, -0.15) is 0 Å². The van der Waals surface area contributed by atoms with E-state index < -0.39 is 0 Å². The van der Waals surface area contributed by atoms with Gasteiger partial charge >= 0.3 is 0 Å². The van der Waals surface area contributed by atoms with Crippen molar-refractivity contribution < 1.29 is 9.90 Å². The number of rotatable bonds is 2. The highest BCUT2D eigenvalue weighted by molar-refractivity contribution is 5.94. The second-order valence-corrected chi connectivity index (χ2v) is 5.98. The Morgan fingerprint density at radius 3 is 2.68 bits per heavy atom. The molecule has 1 saturated carbocycles. The standard InChI is InChI=1S/C16H23NO2/c1-10-4-6-14(11(2)8-10)17-16(19)13-5-7-15(18)12(3)9-13/h5,7,9-11,14,18H,4,6,8H2,1-3H3,(H,17,19). The van der Waals surface area contributed by atoms with Gasteiger partial charge in [-0.15, -0.1) is 0 Å². The van der Waals surface area contributed by atoms with Crippen molar-refractivity contribution in [3.63, 3.8) is 0 Å². The first-order valence-electron chi connectivity index (χ1n) is 7.08. The van der Waals surface area contributed by atoms with Crippen LogP contribution in [-0.4, -0.2) is 17.1 Å². The summed E-state index contributed by atoms with van der Waals surface area (Å²) in [6.07, 6.45) is 3.43. The van der Waals surface area contributed by atoms with Crippen LogP contribution in [0.3, 0.4) is 0 Å². The lowest BCUT2D eigenvalue weighted by atomic mass is 9.80. The van der Waals surface area contributed by atoms with Crippen molar-refractivity contribution in [2.24, 2.45) is 11.8 Å². The van der Waals surface area contributed by atoms with Crippen molar-refractivity contribution in [1.82, 2.24) is 5.32 Å². The van der Waals surface area contributed by atoms with E-state index in [2.05, 4.69) is 19.2 Å². The summed E-state index contributed by atoms with van der Waals surface area (Å²) in [5, 5.41) is 12.6. The van der Waals surface area contributed by atoms with Crippen LogP contribution in [0, 0.1) is 18.8 Å². The Bertz CT molecular complexity index is 470. The summed E-state index contributed by atoms with van der Waals surface area (Å²) in [6, 6.07) is 5.27. The molecule has 1 aliphatic carbocycles. The predicted molar refractivity (Wildman–Crippen MR) is 76.3 cm³/mol. The van der Waals surface area contributed by atoms with Crippen molar-refractivity contribution in [1.29, 1.82) is 0 Å². The smallest absolute Gasteiger partial charge is 0.251 e. The Balaban J connectivity index is 2.02. The first kappa shape index (κ1) is 13.9. The summed E-state index contributed by atoms with van der Waals surface area (Å²) in [6.45, 7) is 6.29. The molecule has 2 rings (SSSR count). The van der Waals surface area contributed by atoms with Crippen LogP contribution in [-0.2, 0) is 0 Å². The molecule has 19 heavy (non-hydrogen) atoms. The lowest BCUT2D eigenvalue weighted by Gasteiger charge is -2.33. The Labute approximate surface area is 115 Å². The Morgan fingerprint density at radius 1 is 1.32 bits per heavy atom. The maximum absolute atomic E-state index is 12.2. The first-order chi connectivity index (χ1) is 8.97. The molecule has 3 atom stereocenters. The Kier molecular flexibility index (Phi) is 4.13. The van der Waals surface area contributed by atoms with E-state index in [1.54, 1.807) is 25.1 Å². The molecular formula is C16H23NO2. The molecule has 1 amide bonds. The van der Waals surface area contributed by atoms with E-state index in [0.717, 1.165) is 17.9 Å². The van der Waals surface area contributed by atoms with Crippen LogP contribution in [0.2, 0.25) is 0 Å². The van der Waals surface area contributed by atoms with E-state index in [1.807, 2.05) is 0 Å². The number of hydrogen-bond donors (Lipinski definition) is 2. The van der Waals surface area contributed by atoms with Crippen LogP contribution in [0.4, 0.5) is 0 Å². The fraction of sp³-hybridized carbons (Fsp3) is 0.562. The van der Waals surface area contributed by atoms with Gasteiger partial charge in [-0.05, 0) is 61.8 Å². The second kappa shape index (κ2) is 5.64. The molecule has 0 bridgehead atoms. The van der Waals surface area contributed by atoms with Gasteiger partial charge in [0.2, 0.25) is 0 Å². The highest BCUT2D eigenvalue weighted by Crippen LogP contribution is 2.28. The average Bonchev–Trinajstić information content (AvgIpc) is 2.36. The fourth-order valence-corrected chi connectivity index (χ4v) is 2.93. The average molecular weight is 261 g/mol. The zero-order valence-electron chi connectivity index (χ0n) is 11.9.